The molecule has 2 heteroatoms. The van der Waals surface area contributed by atoms with Crippen molar-refractivity contribution in [3.63, 3.8) is 0 Å². The molecule has 0 aromatic carbocycles. The summed E-state index contributed by atoms with van der Waals surface area (Å²) in [7, 11) is 0. The van der Waals surface area contributed by atoms with Crippen LogP contribution in [-0.4, -0.2) is 5.11 Å². The Morgan fingerprint density at radius 1 is 1.82 bits per heavy atom. The summed E-state index contributed by atoms with van der Waals surface area (Å²) < 4.78 is 5.01. The molecule has 1 rings (SSSR count). The van der Waals surface area contributed by atoms with Crippen LogP contribution in [0.4, 0.5) is 0 Å². The Kier molecular flexibility index (Phi) is 2.02. The van der Waals surface area contributed by atoms with E-state index < -0.39 is 5.60 Å². The lowest BCUT2D eigenvalue weighted by Gasteiger charge is -2.16. The van der Waals surface area contributed by atoms with E-state index in [1.807, 2.05) is 0 Å². The van der Waals surface area contributed by atoms with E-state index in [0.29, 0.717) is 5.76 Å². The fraction of sp³-hybridized carbons (Fsp3) is 0.333. The van der Waals surface area contributed by atoms with Gasteiger partial charge < -0.3 is 9.52 Å². The molecule has 0 aliphatic heterocycles. The summed E-state index contributed by atoms with van der Waals surface area (Å²) in [4.78, 5) is 0. The first-order valence-electron chi connectivity index (χ1n) is 3.36. The zero-order chi connectivity index (χ0) is 8.32. The van der Waals surface area contributed by atoms with E-state index in [1.54, 1.807) is 19.1 Å². The Labute approximate surface area is 65.8 Å². The molecule has 2 nitrogen and oxygen atoms in total. The van der Waals surface area contributed by atoms with Crippen LogP contribution < -0.4 is 0 Å². The van der Waals surface area contributed by atoms with Crippen LogP contribution in [0.5, 0.6) is 0 Å². The third kappa shape index (κ3) is 1.63. The molecule has 0 spiro atoms. The van der Waals surface area contributed by atoms with E-state index in [2.05, 4.69) is 5.92 Å². The van der Waals surface area contributed by atoms with Crippen molar-refractivity contribution in [2.45, 2.75) is 18.9 Å². The van der Waals surface area contributed by atoms with Crippen LogP contribution in [0.2, 0.25) is 0 Å². The Balaban J connectivity index is 2.83. The van der Waals surface area contributed by atoms with Crippen molar-refractivity contribution in [2.24, 2.45) is 0 Å². The van der Waals surface area contributed by atoms with Gasteiger partial charge in [0.2, 0.25) is 0 Å². The normalized spacial score (nSPS) is 15.4. The SMILES string of the molecule is C#CCC(C)(O)c1ccco1. The van der Waals surface area contributed by atoms with Gasteiger partial charge in [0.15, 0.2) is 0 Å². The lowest BCUT2D eigenvalue weighted by Crippen LogP contribution is -2.18. The lowest BCUT2D eigenvalue weighted by molar-refractivity contribution is 0.0394. The fourth-order valence-corrected chi connectivity index (χ4v) is 0.871. The van der Waals surface area contributed by atoms with Crippen molar-refractivity contribution in [1.29, 1.82) is 0 Å². The minimum atomic E-state index is -1.03. The summed E-state index contributed by atoms with van der Waals surface area (Å²) in [5.74, 6) is 2.90. The van der Waals surface area contributed by atoms with Gasteiger partial charge in [-0.2, -0.15) is 0 Å². The summed E-state index contributed by atoms with van der Waals surface area (Å²) in [6, 6.07) is 3.43. The highest BCUT2D eigenvalue weighted by Gasteiger charge is 2.24. The molecule has 0 saturated heterocycles. The lowest BCUT2D eigenvalue weighted by atomic mass is 10.0. The Hall–Kier alpha value is -1.20. The summed E-state index contributed by atoms with van der Waals surface area (Å²) >= 11 is 0. The second-order valence-corrected chi connectivity index (χ2v) is 2.63. The van der Waals surface area contributed by atoms with Crippen LogP contribution in [0, 0.1) is 12.3 Å². The first kappa shape index (κ1) is 7.90. The minimum Gasteiger partial charge on any atom is -0.466 e. The third-order valence-corrected chi connectivity index (χ3v) is 1.50. The molecule has 11 heavy (non-hydrogen) atoms. The second-order valence-electron chi connectivity index (χ2n) is 2.63. The third-order valence-electron chi connectivity index (χ3n) is 1.50. The highest BCUT2D eigenvalue weighted by molar-refractivity contribution is 5.11. The van der Waals surface area contributed by atoms with E-state index >= 15 is 0 Å². The standard InChI is InChI=1S/C9H10O2/c1-3-6-9(2,10)8-5-4-7-11-8/h1,4-5,7,10H,6H2,2H3. The van der Waals surface area contributed by atoms with Gasteiger partial charge in [0, 0.05) is 6.42 Å². The smallest absolute Gasteiger partial charge is 0.136 e. The quantitative estimate of drug-likeness (QED) is 0.648. The van der Waals surface area contributed by atoms with E-state index in [9.17, 15) is 5.11 Å². The van der Waals surface area contributed by atoms with Crippen molar-refractivity contribution in [3.8, 4) is 12.3 Å². The maximum Gasteiger partial charge on any atom is 0.136 e. The van der Waals surface area contributed by atoms with Gasteiger partial charge in [-0.15, -0.1) is 12.3 Å². The van der Waals surface area contributed by atoms with Gasteiger partial charge >= 0.3 is 0 Å². The molecule has 1 aromatic heterocycles. The topological polar surface area (TPSA) is 33.4 Å². The molecule has 58 valence electrons. The van der Waals surface area contributed by atoms with Crippen molar-refractivity contribution in [2.75, 3.05) is 0 Å². The van der Waals surface area contributed by atoms with Gasteiger partial charge in [0.1, 0.15) is 11.4 Å². The van der Waals surface area contributed by atoms with E-state index in [1.165, 1.54) is 6.26 Å². The van der Waals surface area contributed by atoms with Gasteiger partial charge in [-0.05, 0) is 19.1 Å². The predicted octanol–water partition coefficient (Wildman–Crippen LogP) is 1.51. The van der Waals surface area contributed by atoms with Crippen LogP contribution in [-0.2, 0) is 5.60 Å². The molecule has 0 radical (unpaired) electrons. The largest absolute Gasteiger partial charge is 0.466 e. The maximum absolute atomic E-state index is 9.64. The molecule has 0 aliphatic rings. The average Bonchev–Trinajstić information content (AvgIpc) is 2.37. The number of hydrogen-bond donors (Lipinski definition) is 1. The summed E-state index contributed by atoms with van der Waals surface area (Å²) in [6.45, 7) is 1.63. The fourth-order valence-electron chi connectivity index (χ4n) is 0.871. The highest BCUT2D eigenvalue weighted by Crippen LogP contribution is 2.23. The molecular weight excluding hydrogens is 140 g/mol. The molecule has 0 aliphatic carbocycles. The van der Waals surface area contributed by atoms with Crippen LogP contribution >= 0.6 is 0 Å². The first-order valence-corrected chi connectivity index (χ1v) is 3.36. The summed E-state index contributed by atoms with van der Waals surface area (Å²) in [5, 5.41) is 9.64. The van der Waals surface area contributed by atoms with Crippen LogP contribution in [0.3, 0.4) is 0 Å². The Bertz CT molecular complexity index is 252. The van der Waals surface area contributed by atoms with Crippen molar-refractivity contribution < 1.29 is 9.52 Å². The van der Waals surface area contributed by atoms with Gasteiger partial charge in [-0.25, -0.2) is 0 Å². The number of hydrogen-bond acceptors (Lipinski definition) is 2. The van der Waals surface area contributed by atoms with Gasteiger partial charge in [0.25, 0.3) is 0 Å². The van der Waals surface area contributed by atoms with E-state index in [4.69, 9.17) is 10.8 Å². The molecule has 1 unspecified atom stereocenters. The molecular formula is C9H10O2. The molecule has 1 atom stereocenters. The number of aliphatic hydroxyl groups is 1. The maximum atomic E-state index is 9.64. The van der Waals surface area contributed by atoms with E-state index in [-0.39, 0.29) is 6.42 Å². The molecule has 1 aromatic rings. The predicted molar refractivity (Wildman–Crippen MR) is 41.7 cm³/mol. The molecule has 0 saturated carbocycles. The zero-order valence-corrected chi connectivity index (χ0v) is 6.37. The number of rotatable bonds is 2. The van der Waals surface area contributed by atoms with Crippen molar-refractivity contribution in [1.82, 2.24) is 0 Å². The number of furan rings is 1. The summed E-state index contributed by atoms with van der Waals surface area (Å²) in [5.41, 5.74) is -1.03. The van der Waals surface area contributed by atoms with Crippen molar-refractivity contribution in [3.05, 3.63) is 24.2 Å². The highest BCUT2D eigenvalue weighted by atomic mass is 16.4. The van der Waals surface area contributed by atoms with Crippen LogP contribution in [0.1, 0.15) is 19.1 Å². The first-order chi connectivity index (χ1) is 5.17. The zero-order valence-electron chi connectivity index (χ0n) is 6.37. The molecule has 1 N–H and O–H groups in total. The van der Waals surface area contributed by atoms with Gasteiger partial charge in [-0.1, -0.05) is 0 Å². The summed E-state index contributed by atoms with van der Waals surface area (Å²) in [6.07, 6.45) is 6.85. The molecule has 1 heterocycles. The molecule has 0 fully saturated rings. The van der Waals surface area contributed by atoms with Crippen LogP contribution in [0.25, 0.3) is 0 Å². The number of terminal acetylenes is 1. The van der Waals surface area contributed by atoms with E-state index in [0.717, 1.165) is 0 Å². The Morgan fingerprint density at radius 3 is 3.00 bits per heavy atom. The molecule has 0 bridgehead atoms. The average molecular weight is 150 g/mol. The van der Waals surface area contributed by atoms with Gasteiger partial charge in [0.05, 0.1) is 6.26 Å². The monoisotopic (exact) mass is 150 g/mol. The van der Waals surface area contributed by atoms with Crippen molar-refractivity contribution >= 4 is 0 Å². The van der Waals surface area contributed by atoms with Gasteiger partial charge in [-0.3, -0.25) is 0 Å². The second kappa shape index (κ2) is 2.81. The molecule has 0 amide bonds. The Morgan fingerprint density at radius 2 is 2.55 bits per heavy atom. The van der Waals surface area contributed by atoms with Crippen LogP contribution in [0.15, 0.2) is 22.8 Å². The minimum absolute atomic E-state index is 0.264.